The van der Waals surface area contributed by atoms with E-state index in [1.165, 1.54) is 0 Å². The Morgan fingerprint density at radius 1 is 1.30 bits per heavy atom. The summed E-state index contributed by atoms with van der Waals surface area (Å²) in [6, 6.07) is 3.32. The van der Waals surface area contributed by atoms with Gasteiger partial charge in [0.15, 0.2) is 17.3 Å². The summed E-state index contributed by atoms with van der Waals surface area (Å²) >= 11 is 6.15. The van der Waals surface area contributed by atoms with Crippen molar-refractivity contribution >= 4 is 23.2 Å². The number of nitrogens with zero attached hydrogens (tertiary/aromatic N) is 2. The molecule has 1 N–H and O–H groups in total. The van der Waals surface area contributed by atoms with E-state index in [4.69, 9.17) is 25.6 Å². The molecule has 1 aliphatic rings. The number of hydrogen-bond donors (Lipinski definition) is 1. The summed E-state index contributed by atoms with van der Waals surface area (Å²) in [7, 11) is 0. The van der Waals surface area contributed by atoms with Gasteiger partial charge in [-0.1, -0.05) is 16.8 Å². The highest BCUT2D eigenvalue weighted by atomic mass is 35.5. The number of aromatic nitrogens is 2. The highest BCUT2D eigenvalue weighted by Gasteiger charge is 2.16. The van der Waals surface area contributed by atoms with Gasteiger partial charge in [0.2, 0.25) is 11.8 Å². The molecule has 7 nitrogen and oxygen atoms in total. The molecule has 8 heteroatoms. The lowest BCUT2D eigenvalue weighted by atomic mass is 10.2. The number of fused-ring (bicyclic) bond motifs is 1. The SMILES string of the molecule is Cc1noc(CCCC(=O)Nc2cc3c(cc2Cl)OCCO3)n1. The van der Waals surface area contributed by atoms with E-state index in [1.54, 1.807) is 19.1 Å². The fourth-order valence-corrected chi connectivity index (χ4v) is 2.42. The molecule has 0 fully saturated rings. The number of amides is 1. The van der Waals surface area contributed by atoms with Crippen molar-refractivity contribution in [3.05, 3.63) is 28.9 Å². The van der Waals surface area contributed by atoms with Crippen LogP contribution in [0.15, 0.2) is 16.7 Å². The number of halogens is 1. The van der Waals surface area contributed by atoms with E-state index in [0.717, 1.165) is 0 Å². The number of nitrogens with one attached hydrogen (secondary N) is 1. The van der Waals surface area contributed by atoms with Crippen LogP contribution < -0.4 is 14.8 Å². The highest BCUT2D eigenvalue weighted by Crippen LogP contribution is 2.37. The average Bonchev–Trinajstić information content (AvgIpc) is 2.93. The molecule has 0 radical (unpaired) electrons. The highest BCUT2D eigenvalue weighted by molar-refractivity contribution is 6.34. The second-order valence-electron chi connectivity index (χ2n) is 5.11. The van der Waals surface area contributed by atoms with Crippen LogP contribution in [0.3, 0.4) is 0 Å². The minimum atomic E-state index is -0.139. The number of ether oxygens (including phenoxy) is 2. The minimum absolute atomic E-state index is 0.139. The van der Waals surface area contributed by atoms with Crippen LogP contribution >= 0.6 is 11.6 Å². The number of anilines is 1. The zero-order valence-corrected chi connectivity index (χ0v) is 13.4. The van der Waals surface area contributed by atoms with Gasteiger partial charge in [-0.3, -0.25) is 4.79 Å². The van der Waals surface area contributed by atoms with E-state index in [1.807, 2.05) is 0 Å². The van der Waals surface area contributed by atoms with E-state index in [9.17, 15) is 4.79 Å². The molecular formula is C15H16ClN3O4. The number of hydrogen-bond acceptors (Lipinski definition) is 6. The zero-order valence-electron chi connectivity index (χ0n) is 12.6. The molecule has 0 atom stereocenters. The van der Waals surface area contributed by atoms with E-state index in [-0.39, 0.29) is 5.91 Å². The van der Waals surface area contributed by atoms with Crippen molar-refractivity contribution in [1.29, 1.82) is 0 Å². The molecule has 1 aromatic carbocycles. The summed E-state index contributed by atoms with van der Waals surface area (Å²) in [5.41, 5.74) is 0.509. The van der Waals surface area contributed by atoms with Gasteiger partial charge in [0, 0.05) is 25.0 Å². The second kappa shape index (κ2) is 6.87. The first kappa shape index (κ1) is 15.6. The average molecular weight is 338 g/mol. The maximum Gasteiger partial charge on any atom is 0.226 e. The molecule has 0 unspecified atom stereocenters. The number of rotatable bonds is 5. The Hall–Kier alpha value is -2.28. The summed E-state index contributed by atoms with van der Waals surface area (Å²) in [5, 5.41) is 6.90. The topological polar surface area (TPSA) is 86.5 Å². The lowest BCUT2D eigenvalue weighted by Gasteiger charge is -2.20. The van der Waals surface area contributed by atoms with E-state index < -0.39 is 0 Å². The fourth-order valence-electron chi connectivity index (χ4n) is 2.21. The molecule has 0 bridgehead atoms. The Morgan fingerprint density at radius 2 is 2.04 bits per heavy atom. The van der Waals surface area contributed by atoms with Gasteiger partial charge < -0.3 is 19.3 Å². The second-order valence-corrected chi connectivity index (χ2v) is 5.52. The van der Waals surface area contributed by atoms with Crippen LogP contribution in [0.5, 0.6) is 11.5 Å². The Balaban J connectivity index is 1.55. The van der Waals surface area contributed by atoms with E-state index in [2.05, 4.69) is 15.5 Å². The first-order valence-corrected chi connectivity index (χ1v) is 7.68. The Bertz CT molecular complexity index is 717. The lowest BCUT2D eigenvalue weighted by Crippen LogP contribution is -2.16. The largest absolute Gasteiger partial charge is 0.486 e. The van der Waals surface area contributed by atoms with Gasteiger partial charge in [-0.05, 0) is 13.3 Å². The standard InChI is InChI=1S/C15H16ClN3O4/c1-9-17-15(23-19-9)4-2-3-14(20)18-11-8-13-12(7-10(11)16)21-5-6-22-13/h7-8H,2-6H2,1H3,(H,18,20). The molecule has 2 aromatic rings. The normalized spacial score (nSPS) is 13.0. The van der Waals surface area contributed by atoms with Gasteiger partial charge in [0.25, 0.3) is 0 Å². The molecule has 23 heavy (non-hydrogen) atoms. The van der Waals surface area contributed by atoms with Crippen LogP contribution in [0.4, 0.5) is 5.69 Å². The minimum Gasteiger partial charge on any atom is -0.486 e. The van der Waals surface area contributed by atoms with Crippen LogP contribution in [-0.2, 0) is 11.2 Å². The third-order valence-corrected chi connectivity index (χ3v) is 3.58. The molecular weight excluding hydrogens is 322 g/mol. The maximum absolute atomic E-state index is 12.0. The Kier molecular flexibility index (Phi) is 4.66. The van der Waals surface area contributed by atoms with Crippen molar-refractivity contribution in [2.45, 2.75) is 26.2 Å². The monoisotopic (exact) mass is 337 g/mol. The van der Waals surface area contributed by atoms with Crippen molar-refractivity contribution in [2.75, 3.05) is 18.5 Å². The predicted molar refractivity (Wildman–Crippen MR) is 83.0 cm³/mol. The van der Waals surface area contributed by atoms with Crippen molar-refractivity contribution in [3.8, 4) is 11.5 Å². The van der Waals surface area contributed by atoms with E-state index >= 15 is 0 Å². The number of benzene rings is 1. The lowest BCUT2D eigenvalue weighted by molar-refractivity contribution is -0.116. The fraction of sp³-hybridized carbons (Fsp3) is 0.400. The number of carbonyl (C=O) groups is 1. The van der Waals surface area contributed by atoms with Gasteiger partial charge in [0.05, 0.1) is 10.7 Å². The molecule has 0 aliphatic carbocycles. The first-order valence-electron chi connectivity index (χ1n) is 7.30. The molecule has 0 saturated carbocycles. The van der Waals surface area contributed by atoms with Crippen molar-refractivity contribution in [1.82, 2.24) is 10.1 Å². The summed E-state index contributed by atoms with van der Waals surface area (Å²) in [4.78, 5) is 16.1. The molecule has 3 rings (SSSR count). The first-order chi connectivity index (χ1) is 11.1. The Labute approximate surface area is 137 Å². The van der Waals surface area contributed by atoms with Crippen LogP contribution in [0, 0.1) is 6.92 Å². The number of carbonyl (C=O) groups excluding carboxylic acids is 1. The van der Waals surface area contributed by atoms with Crippen molar-refractivity contribution in [3.63, 3.8) is 0 Å². The maximum atomic E-state index is 12.0. The summed E-state index contributed by atoms with van der Waals surface area (Å²) in [6.45, 7) is 2.72. The Morgan fingerprint density at radius 3 is 2.74 bits per heavy atom. The molecule has 2 heterocycles. The quantitative estimate of drug-likeness (QED) is 0.902. The molecule has 0 spiro atoms. The van der Waals surface area contributed by atoms with Crippen LogP contribution in [-0.4, -0.2) is 29.3 Å². The van der Waals surface area contributed by atoms with Crippen LogP contribution in [0.25, 0.3) is 0 Å². The summed E-state index contributed by atoms with van der Waals surface area (Å²) in [5.74, 6) is 2.16. The smallest absolute Gasteiger partial charge is 0.226 e. The molecule has 122 valence electrons. The molecule has 1 aliphatic heterocycles. The molecule has 1 amide bonds. The molecule has 1 aromatic heterocycles. The third kappa shape index (κ3) is 3.92. The third-order valence-electron chi connectivity index (χ3n) is 3.27. The van der Waals surface area contributed by atoms with Gasteiger partial charge in [-0.15, -0.1) is 0 Å². The zero-order chi connectivity index (χ0) is 16.2. The van der Waals surface area contributed by atoms with Crippen LogP contribution in [0.2, 0.25) is 5.02 Å². The number of aryl methyl sites for hydroxylation is 2. The molecule has 0 saturated heterocycles. The van der Waals surface area contributed by atoms with Crippen LogP contribution in [0.1, 0.15) is 24.6 Å². The van der Waals surface area contributed by atoms with Gasteiger partial charge in [-0.2, -0.15) is 4.98 Å². The van der Waals surface area contributed by atoms with Crippen molar-refractivity contribution in [2.24, 2.45) is 0 Å². The van der Waals surface area contributed by atoms with Crippen molar-refractivity contribution < 1.29 is 18.8 Å². The van der Waals surface area contributed by atoms with E-state index in [0.29, 0.717) is 66.4 Å². The summed E-state index contributed by atoms with van der Waals surface area (Å²) < 4.78 is 15.9. The predicted octanol–water partition coefficient (Wildman–Crippen LogP) is 2.76. The van der Waals surface area contributed by atoms with Gasteiger partial charge >= 0.3 is 0 Å². The van der Waals surface area contributed by atoms with Gasteiger partial charge in [0.1, 0.15) is 13.2 Å². The van der Waals surface area contributed by atoms with Gasteiger partial charge in [-0.25, -0.2) is 0 Å². The summed E-state index contributed by atoms with van der Waals surface area (Å²) in [6.07, 6.45) is 1.49.